The van der Waals surface area contributed by atoms with Crippen molar-refractivity contribution in [2.45, 2.75) is 6.54 Å². The Morgan fingerprint density at radius 2 is 1.68 bits per heavy atom. The van der Waals surface area contributed by atoms with Crippen molar-refractivity contribution in [1.82, 2.24) is 4.98 Å². The first kappa shape index (κ1) is 13.9. The molecule has 5 heteroatoms. The van der Waals surface area contributed by atoms with E-state index in [1.807, 2.05) is 0 Å². The van der Waals surface area contributed by atoms with Crippen LogP contribution in [-0.4, -0.2) is 21.4 Å². The standard InChI is InChI=1S/C17H14N2O3/c20-12-7-5-11(6-8-12)9-18-10-15-13-3-1-2-4-14(13)16(21)19-17(15)22/h1-8,10,20H,9H2,(H2,19,21,22). The Bertz CT molecular complexity index is 896. The topological polar surface area (TPSA) is 85.7 Å². The van der Waals surface area contributed by atoms with Gasteiger partial charge < -0.3 is 10.2 Å². The van der Waals surface area contributed by atoms with Crippen molar-refractivity contribution in [2.75, 3.05) is 0 Å². The maximum absolute atomic E-state index is 11.8. The van der Waals surface area contributed by atoms with Crippen LogP contribution in [0.4, 0.5) is 0 Å². The minimum atomic E-state index is -0.330. The van der Waals surface area contributed by atoms with Gasteiger partial charge in [0.15, 0.2) is 0 Å². The molecule has 0 bridgehead atoms. The summed E-state index contributed by atoms with van der Waals surface area (Å²) < 4.78 is 0. The normalized spacial score (nSPS) is 11.3. The van der Waals surface area contributed by atoms with Crippen LogP contribution in [0.3, 0.4) is 0 Å². The molecule has 0 spiro atoms. The molecule has 0 saturated carbocycles. The number of rotatable bonds is 3. The average Bonchev–Trinajstić information content (AvgIpc) is 2.52. The van der Waals surface area contributed by atoms with E-state index >= 15 is 0 Å². The Kier molecular flexibility index (Phi) is 3.62. The van der Waals surface area contributed by atoms with Crippen molar-refractivity contribution < 1.29 is 10.2 Å². The van der Waals surface area contributed by atoms with Crippen LogP contribution in [0.25, 0.3) is 10.8 Å². The van der Waals surface area contributed by atoms with Crippen molar-refractivity contribution in [2.24, 2.45) is 4.99 Å². The number of pyridine rings is 1. The SMILES string of the molecule is O=c1[nH]c(O)c(C=NCc2ccc(O)cc2)c2ccccc12. The molecular weight excluding hydrogens is 280 g/mol. The maximum Gasteiger partial charge on any atom is 0.258 e. The lowest BCUT2D eigenvalue weighted by Gasteiger charge is -2.04. The summed E-state index contributed by atoms with van der Waals surface area (Å²) in [4.78, 5) is 18.5. The summed E-state index contributed by atoms with van der Waals surface area (Å²) in [5.74, 6) is 0.00941. The zero-order valence-electron chi connectivity index (χ0n) is 11.7. The second kappa shape index (κ2) is 5.73. The third-order valence-electron chi connectivity index (χ3n) is 3.38. The largest absolute Gasteiger partial charge is 0.508 e. The number of phenols is 1. The summed E-state index contributed by atoms with van der Waals surface area (Å²) in [6, 6.07) is 13.8. The molecule has 2 aromatic carbocycles. The first-order valence-electron chi connectivity index (χ1n) is 6.77. The van der Waals surface area contributed by atoms with Crippen molar-refractivity contribution in [3.05, 3.63) is 70.0 Å². The molecule has 0 aliphatic carbocycles. The van der Waals surface area contributed by atoms with Gasteiger partial charge in [-0.25, -0.2) is 0 Å². The summed E-state index contributed by atoms with van der Waals surface area (Å²) in [5.41, 5.74) is 1.08. The van der Waals surface area contributed by atoms with Gasteiger partial charge >= 0.3 is 0 Å². The van der Waals surface area contributed by atoms with Gasteiger partial charge in [-0.15, -0.1) is 0 Å². The van der Waals surface area contributed by atoms with Crippen LogP contribution in [0.15, 0.2) is 58.3 Å². The molecule has 1 heterocycles. The zero-order valence-corrected chi connectivity index (χ0v) is 11.7. The van der Waals surface area contributed by atoms with Gasteiger partial charge in [-0.1, -0.05) is 30.3 Å². The Morgan fingerprint density at radius 1 is 1.00 bits per heavy atom. The van der Waals surface area contributed by atoms with Crippen molar-refractivity contribution in [1.29, 1.82) is 0 Å². The fraction of sp³-hybridized carbons (Fsp3) is 0.0588. The van der Waals surface area contributed by atoms with Gasteiger partial charge in [-0.3, -0.25) is 14.8 Å². The Morgan fingerprint density at radius 3 is 2.41 bits per heavy atom. The van der Waals surface area contributed by atoms with Gasteiger partial charge in [-0.05, 0) is 23.8 Å². The molecule has 0 amide bonds. The van der Waals surface area contributed by atoms with Crippen molar-refractivity contribution in [3.8, 4) is 11.6 Å². The number of nitrogens with one attached hydrogen (secondary N) is 1. The van der Waals surface area contributed by atoms with E-state index in [1.54, 1.807) is 54.7 Å². The summed E-state index contributed by atoms with van der Waals surface area (Å²) in [6.45, 7) is 0.410. The van der Waals surface area contributed by atoms with E-state index in [0.29, 0.717) is 22.9 Å². The second-order valence-corrected chi connectivity index (χ2v) is 4.90. The number of phenolic OH excluding ortho intramolecular Hbond substituents is 1. The molecule has 3 rings (SSSR count). The average molecular weight is 294 g/mol. The quantitative estimate of drug-likeness (QED) is 0.649. The number of hydrogen-bond donors (Lipinski definition) is 3. The van der Waals surface area contributed by atoms with E-state index < -0.39 is 0 Å². The van der Waals surface area contributed by atoms with Gasteiger partial charge in [0.05, 0.1) is 12.1 Å². The summed E-state index contributed by atoms with van der Waals surface area (Å²) in [5, 5.41) is 20.3. The molecule has 0 fully saturated rings. The summed E-state index contributed by atoms with van der Waals surface area (Å²) >= 11 is 0. The highest BCUT2D eigenvalue weighted by atomic mass is 16.3. The van der Waals surface area contributed by atoms with Crippen molar-refractivity contribution in [3.63, 3.8) is 0 Å². The van der Waals surface area contributed by atoms with E-state index in [1.165, 1.54) is 0 Å². The number of hydrogen-bond acceptors (Lipinski definition) is 4. The van der Waals surface area contributed by atoms with Gasteiger partial charge in [0, 0.05) is 17.0 Å². The highest BCUT2D eigenvalue weighted by Crippen LogP contribution is 2.20. The predicted molar refractivity (Wildman–Crippen MR) is 85.6 cm³/mol. The van der Waals surface area contributed by atoms with Crippen LogP contribution in [0.5, 0.6) is 11.6 Å². The highest BCUT2D eigenvalue weighted by Gasteiger charge is 2.08. The number of benzene rings is 2. The molecule has 0 aliphatic heterocycles. The minimum Gasteiger partial charge on any atom is -0.508 e. The van der Waals surface area contributed by atoms with Crippen LogP contribution < -0.4 is 5.56 Å². The molecule has 0 saturated heterocycles. The molecule has 5 nitrogen and oxygen atoms in total. The maximum atomic E-state index is 11.8. The monoisotopic (exact) mass is 294 g/mol. The predicted octanol–water partition coefficient (Wildman–Crippen LogP) is 2.56. The van der Waals surface area contributed by atoms with Crippen LogP contribution in [-0.2, 0) is 6.54 Å². The number of aromatic hydroxyl groups is 2. The summed E-state index contributed by atoms with van der Waals surface area (Å²) in [6.07, 6.45) is 1.54. The van der Waals surface area contributed by atoms with Crippen LogP contribution in [0.1, 0.15) is 11.1 Å². The van der Waals surface area contributed by atoms with Gasteiger partial charge in [0.1, 0.15) is 5.75 Å². The first-order valence-corrected chi connectivity index (χ1v) is 6.77. The number of aliphatic imine (C=N–C) groups is 1. The number of nitrogens with zero attached hydrogens (tertiary/aromatic N) is 1. The van der Waals surface area contributed by atoms with E-state index in [-0.39, 0.29) is 17.2 Å². The molecule has 0 unspecified atom stereocenters. The third-order valence-corrected chi connectivity index (χ3v) is 3.38. The number of H-pyrrole nitrogens is 1. The second-order valence-electron chi connectivity index (χ2n) is 4.90. The fourth-order valence-corrected chi connectivity index (χ4v) is 2.26. The lowest BCUT2D eigenvalue weighted by atomic mass is 10.1. The first-order chi connectivity index (χ1) is 10.6. The Balaban J connectivity index is 1.95. The number of aromatic nitrogens is 1. The summed E-state index contributed by atoms with van der Waals surface area (Å²) in [7, 11) is 0. The van der Waals surface area contributed by atoms with E-state index in [0.717, 1.165) is 5.56 Å². The highest BCUT2D eigenvalue weighted by molar-refractivity contribution is 6.01. The van der Waals surface area contributed by atoms with E-state index in [2.05, 4.69) is 9.98 Å². The van der Waals surface area contributed by atoms with Crippen LogP contribution in [0.2, 0.25) is 0 Å². The van der Waals surface area contributed by atoms with Crippen molar-refractivity contribution >= 4 is 17.0 Å². The fourth-order valence-electron chi connectivity index (χ4n) is 2.26. The van der Waals surface area contributed by atoms with Crippen LogP contribution in [0, 0.1) is 0 Å². The molecule has 0 atom stereocenters. The minimum absolute atomic E-state index is 0.196. The Hall–Kier alpha value is -3.08. The molecule has 1 aromatic heterocycles. The molecule has 0 radical (unpaired) electrons. The Labute approximate surface area is 126 Å². The van der Waals surface area contributed by atoms with Crippen LogP contribution >= 0.6 is 0 Å². The smallest absolute Gasteiger partial charge is 0.258 e. The molecule has 3 aromatic rings. The number of aromatic amines is 1. The van der Waals surface area contributed by atoms with E-state index in [9.17, 15) is 15.0 Å². The molecule has 0 aliphatic rings. The lowest BCUT2D eigenvalue weighted by Crippen LogP contribution is -2.07. The zero-order chi connectivity index (χ0) is 15.5. The van der Waals surface area contributed by atoms with Gasteiger partial charge in [0.2, 0.25) is 5.88 Å². The third kappa shape index (κ3) is 2.69. The number of fused-ring (bicyclic) bond motifs is 1. The van der Waals surface area contributed by atoms with Gasteiger partial charge in [0.25, 0.3) is 5.56 Å². The molecular formula is C17H14N2O3. The van der Waals surface area contributed by atoms with E-state index in [4.69, 9.17) is 0 Å². The van der Waals surface area contributed by atoms with Gasteiger partial charge in [-0.2, -0.15) is 0 Å². The molecule has 22 heavy (non-hydrogen) atoms. The molecule has 3 N–H and O–H groups in total. The molecule has 110 valence electrons. The lowest BCUT2D eigenvalue weighted by molar-refractivity contribution is 0.452.